The minimum atomic E-state index is -0.838. The van der Waals surface area contributed by atoms with Crippen molar-refractivity contribution in [3.63, 3.8) is 0 Å². The predicted molar refractivity (Wildman–Crippen MR) is 136 cm³/mol. The third-order valence-electron chi connectivity index (χ3n) is 5.20. The SMILES string of the molecule is CC(C)Oc1ccc(CCCOc2cc(CCC(=O)O)n(C)n2)c(OCc2ccc(Cl)cc2Cl)c1. The van der Waals surface area contributed by atoms with Gasteiger partial charge in [-0.25, -0.2) is 0 Å². The standard InChI is InChI=1S/C26H30Cl2N2O5/c1-17(2)35-22-10-7-18(24(15-22)34-16-19-6-8-20(27)13-23(19)28)5-4-12-33-25-14-21(30(3)29-25)9-11-26(31)32/h6-8,10,13-15,17H,4-5,9,11-12,16H2,1-3H3,(H,31,32). The van der Waals surface area contributed by atoms with Crippen molar-refractivity contribution in [1.82, 2.24) is 9.78 Å². The van der Waals surface area contributed by atoms with Gasteiger partial charge in [0.2, 0.25) is 5.88 Å². The normalized spacial score (nSPS) is 11.0. The average Bonchev–Trinajstić information content (AvgIpc) is 3.14. The third kappa shape index (κ3) is 8.37. The Morgan fingerprint density at radius 3 is 2.54 bits per heavy atom. The molecule has 0 radical (unpaired) electrons. The Morgan fingerprint density at radius 1 is 1.06 bits per heavy atom. The van der Waals surface area contributed by atoms with Crippen molar-refractivity contribution in [2.24, 2.45) is 7.05 Å². The van der Waals surface area contributed by atoms with Gasteiger partial charge in [0.1, 0.15) is 18.1 Å². The molecule has 0 atom stereocenters. The number of carboxylic acid groups (broad SMARTS) is 1. The van der Waals surface area contributed by atoms with Gasteiger partial charge in [-0.3, -0.25) is 9.48 Å². The minimum Gasteiger partial charge on any atom is -0.491 e. The molecule has 1 N–H and O–H groups in total. The first-order valence-electron chi connectivity index (χ1n) is 11.4. The van der Waals surface area contributed by atoms with E-state index in [1.807, 2.05) is 38.1 Å². The lowest BCUT2D eigenvalue weighted by molar-refractivity contribution is -0.136. The molecule has 9 heteroatoms. The summed E-state index contributed by atoms with van der Waals surface area (Å²) in [5.41, 5.74) is 2.69. The Balaban J connectivity index is 1.61. The molecule has 188 valence electrons. The zero-order valence-electron chi connectivity index (χ0n) is 20.1. The molecule has 1 heterocycles. The zero-order chi connectivity index (χ0) is 25.4. The first-order chi connectivity index (χ1) is 16.7. The number of halogens is 2. The second-order valence-corrected chi connectivity index (χ2v) is 9.25. The molecule has 0 aliphatic rings. The highest BCUT2D eigenvalue weighted by Crippen LogP contribution is 2.29. The minimum absolute atomic E-state index is 0.0478. The van der Waals surface area contributed by atoms with Crippen molar-refractivity contribution in [1.29, 1.82) is 0 Å². The van der Waals surface area contributed by atoms with Crippen molar-refractivity contribution in [3.8, 4) is 17.4 Å². The fraction of sp³-hybridized carbons (Fsp3) is 0.385. The van der Waals surface area contributed by atoms with Crippen molar-refractivity contribution < 1.29 is 24.1 Å². The summed E-state index contributed by atoms with van der Waals surface area (Å²) in [7, 11) is 1.78. The fourth-order valence-corrected chi connectivity index (χ4v) is 3.93. The number of carbonyl (C=O) groups is 1. The Morgan fingerprint density at radius 2 is 1.83 bits per heavy atom. The topological polar surface area (TPSA) is 82.8 Å². The van der Waals surface area contributed by atoms with E-state index >= 15 is 0 Å². The van der Waals surface area contributed by atoms with Crippen LogP contribution >= 0.6 is 23.2 Å². The summed E-state index contributed by atoms with van der Waals surface area (Å²) in [5.74, 6) is 1.11. The van der Waals surface area contributed by atoms with E-state index in [1.165, 1.54) is 0 Å². The Labute approximate surface area is 215 Å². The molecule has 0 amide bonds. The van der Waals surface area contributed by atoms with Crippen molar-refractivity contribution in [3.05, 3.63) is 69.3 Å². The highest BCUT2D eigenvalue weighted by atomic mass is 35.5. The monoisotopic (exact) mass is 520 g/mol. The van der Waals surface area contributed by atoms with Crippen LogP contribution in [0.2, 0.25) is 10.0 Å². The van der Waals surface area contributed by atoms with E-state index in [0.29, 0.717) is 35.6 Å². The molecule has 0 saturated carbocycles. The molecule has 35 heavy (non-hydrogen) atoms. The maximum absolute atomic E-state index is 10.8. The van der Waals surface area contributed by atoms with Crippen molar-refractivity contribution in [2.75, 3.05) is 6.61 Å². The zero-order valence-corrected chi connectivity index (χ0v) is 21.6. The second kappa shape index (κ2) is 12.7. The van der Waals surface area contributed by atoms with Gasteiger partial charge in [0.05, 0.1) is 19.1 Å². The number of aryl methyl sites for hydroxylation is 3. The van der Waals surface area contributed by atoms with Crippen LogP contribution in [-0.2, 0) is 31.3 Å². The van der Waals surface area contributed by atoms with Crippen LogP contribution in [0.4, 0.5) is 0 Å². The number of nitrogens with zero attached hydrogens (tertiary/aromatic N) is 2. The molecule has 1 aromatic heterocycles. The lowest BCUT2D eigenvalue weighted by Gasteiger charge is -2.16. The number of carboxylic acids is 1. The van der Waals surface area contributed by atoms with E-state index in [-0.39, 0.29) is 12.5 Å². The Hall–Kier alpha value is -2.90. The molecule has 0 fully saturated rings. The summed E-state index contributed by atoms with van der Waals surface area (Å²) in [6.07, 6.45) is 1.98. The number of hydrogen-bond donors (Lipinski definition) is 1. The lowest BCUT2D eigenvalue weighted by Crippen LogP contribution is -2.07. The molecule has 3 rings (SSSR count). The number of aliphatic carboxylic acids is 1. The number of benzene rings is 2. The molecule has 2 aromatic carbocycles. The molecule has 3 aromatic rings. The highest BCUT2D eigenvalue weighted by Gasteiger charge is 2.11. The van der Waals surface area contributed by atoms with Crippen LogP contribution in [0.3, 0.4) is 0 Å². The summed E-state index contributed by atoms with van der Waals surface area (Å²) in [5, 5.41) is 14.3. The van der Waals surface area contributed by atoms with E-state index < -0.39 is 5.97 Å². The molecule has 7 nitrogen and oxygen atoms in total. The van der Waals surface area contributed by atoms with Gasteiger partial charge in [0, 0.05) is 40.5 Å². The molecule has 0 bridgehead atoms. The van der Waals surface area contributed by atoms with E-state index in [9.17, 15) is 4.79 Å². The highest BCUT2D eigenvalue weighted by molar-refractivity contribution is 6.35. The van der Waals surface area contributed by atoms with Crippen molar-refractivity contribution >= 4 is 29.2 Å². The number of aromatic nitrogens is 2. The first-order valence-corrected chi connectivity index (χ1v) is 12.2. The maximum Gasteiger partial charge on any atom is 0.303 e. The average molecular weight is 521 g/mol. The van der Waals surface area contributed by atoms with E-state index in [4.69, 9.17) is 42.5 Å². The Bertz CT molecular complexity index is 1150. The van der Waals surface area contributed by atoms with Gasteiger partial charge >= 0.3 is 5.97 Å². The van der Waals surface area contributed by atoms with Crippen molar-refractivity contribution in [2.45, 2.75) is 52.2 Å². The first kappa shape index (κ1) is 26.7. The van der Waals surface area contributed by atoms with Crippen LogP contribution in [0, 0.1) is 0 Å². The molecular weight excluding hydrogens is 491 g/mol. The smallest absolute Gasteiger partial charge is 0.303 e. The summed E-state index contributed by atoms with van der Waals surface area (Å²) in [6.45, 7) is 4.72. The quantitative estimate of drug-likeness (QED) is 0.273. The lowest BCUT2D eigenvalue weighted by atomic mass is 10.1. The summed E-state index contributed by atoms with van der Waals surface area (Å²) in [4.78, 5) is 10.8. The van der Waals surface area contributed by atoms with E-state index in [1.54, 1.807) is 29.9 Å². The van der Waals surface area contributed by atoms with Gasteiger partial charge in [-0.2, -0.15) is 0 Å². The van der Waals surface area contributed by atoms with E-state index in [2.05, 4.69) is 5.10 Å². The fourth-order valence-electron chi connectivity index (χ4n) is 3.47. The van der Waals surface area contributed by atoms with Crippen LogP contribution in [0.25, 0.3) is 0 Å². The second-order valence-electron chi connectivity index (χ2n) is 8.40. The predicted octanol–water partition coefficient (Wildman–Crippen LogP) is 6.12. The number of rotatable bonds is 13. The molecule has 0 unspecified atom stereocenters. The number of hydrogen-bond acceptors (Lipinski definition) is 5. The molecule has 0 aliphatic carbocycles. The summed E-state index contributed by atoms with van der Waals surface area (Å²) in [6, 6.07) is 13.0. The van der Waals surface area contributed by atoms with Crippen LogP contribution in [-0.4, -0.2) is 33.6 Å². The summed E-state index contributed by atoms with van der Waals surface area (Å²) < 4.78 is 19.4. The van der Waals surface area contributed by atoms with Gasteiger partial charge in [0.25, 0.3) is 0 Å². The maximum atomic E-state index is 10.8. The molecule has 0 spiro atoms. The Kier molecular flexibility index (Phi) is 9.69. The molecule has 0 saturated heterocycles. The van der Waals surface area contributed by atoms with Gasteiger partial charge < -0.3 is 19.3 Å². The molecular formula is C26H30Cl2N2O5. The van der Waals surface area contributed by atoms with Gasteiger partial charge in [0.15, 0.2) is 0 Å². The molecule has 0 aliphatic heterocycles. The van der Waals surface area contributed by atoms with Crippen LogP contribution in [0.1, 0.15) is 43.5 Å². The van der Waals surface area contributed by atoms with Crippen LogP contribution < -0.4 is 14.2 Å². The van der Waals surface area contributed by atoms with Crippen LogP contribution in [0.5, 0.6) is 17.4 Å². The third-order valence-corrected chi connectivity index (χ3v) is 5.79. The van der Waals surface area contributed by atoms with Gasteiger partial charge in [-0.1, -0.05) is 35.3 Å². The summed E-state index contributed by atoms with van der Waals surface area (Å²) >= 11 is 12.3. The van der Waals surface area contributed by atoms with E-state index in [0.717, 1.165) is 41.2 Å². The largest absolute Gasteiger partial charge is 0.491 e. The van der Waals surface area contributed by atoms with Gasteiger partial charge in [-0.15, -0.1) is 5.10 Å². The van der Waals surface area contributed by atoms with Gasteiger partial charge in [-0.05, 0) is 56.9 Å². The van der Waals surface area contributed by atoms with Crippen LogP contribution in [0.15, 0.2) is 42.5 Å². The number of ether oxygens (including phenoxy) is 3.